The SMILES string of the molecule is CC/C(=C\CCCl)CC(C)(C)C. The van der Waals surface area contributed by atoms with Crippen LogP contribution < -0.4 is 0 Å². The summed E-state index contributed by atoms with van der Waals surface area (Å²) in [5.41, 5.74) is 1.96. The van der Waals surface area contributed by atoms with Gasteiger partial charge in [0, 0.05) is 5.88 Å². The summed E-state index contributed by atoms with van der Waals surface area (Å²) in [7, 11) is 0. The van der Waals surface area contributed by atoms with Gasteiger partial charge in [0.1, 0.15) is 0 Å². The summed E-state index contributed by atoms with van der Waals surface area (Å²) in [5.74, 6) is 0.744. The highest BCUT2D eigenvalue weighted by Crippen LogP contribution is 2.25. The number of rotatable bonds is 4. The Morgan fingerprint density at radius 3 is 2.25 bits per heavy atom. The van der Waals surface area contributed by atoms with Gasteiger partial charge in [-0.05, 0) is 24.7 Å². The van der Waals surface area contributed by atoms with Gasteiger partial charge in [0.25, 0.3) is 0 Å². The lowest BCUT2D eigenvalue weighted by Crippen LogP contribution is -2.06. The van der Waals surface area contributed by atoms with Crippen molar-refractivity contribution >= 4 is 11.6 Å². The molecule has 0 rings (SSSR count). The molecule has 12 heavy (non-hydrogen) atoms. The minimum Gasteiger partial charge on any atom is -0.126 e. The Morgan fingerprint density at radius 2 is 1.92 bits per heavy atom. The van der Waals surface area contributed by atoms with Crippen LogP contribution >= 0.6 is 11.6 Å². The molecule has 0 saturated heterocycles. The second-order valence-electron chi connectivity index (χ2n) is 4.43. The van der Waals surface area contributed by atoms with Crippen molar-refractivity contribution in [2.75, 3.05) is 5.88 Å². The van der Waals surface area contributed by atoms with Gasteiger partial charge >= 0.3 is 0 Å². The molecule has 0 aromatic heterocycles. The third-order valence-corrected chi connectivity index (χ3v) is 1.97. The fourth-order valence-electron chi connectivity index (χ4n) is 1.28. The van der Waals surface area contributed by atoms with Gasteiger partial charge in [0.15, 0.2) is 0 Å². The van der Waals surface area contributed by atoms with Gasteiger partial charge < -0.3 is 0 Å². The van der Waals surface area contributed by atoms with Crippen molar-refractivity contribution in [2.45, 2.75) is 47.0 Å². The maximum atomic E-state index is 5.63. The lowest BCUT2D eigenvalue weighted by atomic mass is 9.87. The van der Waals surface area contributed by atoms with E-state index in [0.717, 1.165) is 18.7 Å². The predicted molar refractivity (Wildman–Crippen MR) is 57.8 cm³/mol. The van der Waals surface area contributed by atoms with Gasteiger partial charge in [0.2, 0.25) is 0 Å². The molecule has 0 radical (unpaired) electrons. The molecule has 72 valence electrons. The van der Waals surface area contributed by atoms with Gasteiger partial charge in [-0.2, -0.15) is 0 Å². The third-order valence-electron chi connectivity index (χ3n) is 1.75. The van der Waals surface area contributed by atoms with E-state index in [2.05, 4.69) is 33.8 Å². The van der Waals surface area contributed by atoms with Crippen LogP contribution in [0.1, 0.15) is 47.0 Å². The molecule has 0 N–H and O–H groups in total. The average molecular weight is 189 g/mol. The molecule has 0 saturated carbocycles. The molecule has 0 aliphatic rings. The lowest BCUT2D eigenvalue weighted by molar-refractivity contribution is 0.405. The Bertz CT molecular complexity index is 140. The summed E-state index contributed by atoms with van der Waals surface area (Å²) in [6, 6.07) is 0. The Kier molecular flexibility index (Phi) is 5.65. The van der Waals surface area contributed by atoms with Crippen LogP contribution in [0.4, 0.5) is 0 Å². The van der Waals surface area contributed by atoms with Gasteiger partial charge in [-0.3, -0.25) is 0 Å². The Balaban J connectivity index is 3.99. The van der Waals surface area contributed by atoms with E-state index in [1.54, 1.807) is 5.57 Å². The van der Waals surface area contributed by atoms with Crippen molar-refractivity contribution in [1.29, 1.82) is 0 Å². The fraction of sp³-hybridized carbons (Fsp3) is 0.818. The Hall–Kier alpha value is 0.0300. The molecule has 1 heteroatoms. The number of alkyl halides is 1. The van der Waals surface area contributed by atoms with Gasteiger partial charge in [0.05, 0.1) is 0 Å². The van der Waals surface area contributed by atoms with E-state index in [4.69, 9.17) is 11.6 Å². The van der Waals surface area contributed by atoms with Crippen molar-refractivity contribution in [1.82, 2.24) is 0 Å². The third kappa shape index (κ3) is 6.72. The lowest BCUT2D eigenvalue weighted by Gasteiger charge is -2.19. The molecule has 0 aliphatic heterocycles. The summed E-state index contributed by atoms with van der Waals surface area (Å²) in [4.78, 5) is 0. The normalized spacial score (nSPS) is 13.6. The fourth-order valence-corrected chi connectivity index (χ4v) is 1.39. The number of hydrogen-bond donors (Lipinski definition) is 0. The van der Waals surface area contributed by atoms with Crippen LogP contribution in [0.15, 0.2) is 11.6 Å². The summed E-state index contributed by atoms with van der Waals surface area (Å²) < 4.78 is 0. The van der Waals surface area contributed by atoms with Crippen LogP contribution in [0.25, 0.3) is 0 Å². The molecule has 0 heterocycles. The van der Waals surface area contributed by atoms with Gasteiger partial charge in [-0.1, -0.05) is 39.3 Å². The topological polar surface area (TPSA) is 0 Å². The summed E-state index contributed by atoms with van der Waals surface area (Å²) in [5, 5.41) is 0. The molecule has 0 nitrogen and oxygen atoms in total. The molecule has 0 aliphatic carbocycles. The summed E-state index contributed by atoms with van der Waals surface area (Å²) >= 11 is 5.63. The van der Waals surface area contributed by atoms with Crippen molar-refractivity contribution in [3.63, 3.8) is 0 Å². The number of allylic oxidation sites excluding steroid dienone is 2. The van der Waals surface area contributed by atoms with Crippen LogP contribution in [-0.2, 0) is 0 Å². The van der Waals surface area contributed by atoms with Crippen molar-refractivity contribution < 1.29 is 0 Å². The molecular formula is C11H21Cl. The van der Waals surface area contributed by atoms with E-state index in [9.17, 15) is 0 Å². The minimum absolute atomic E-state index is 0.411. The van der Waals surface area contributed by atoms with Crippen LogP contribution in [-0.4, -0.2) is 5.88 Å². The summed E-state index contributed by atoms with van der Waals surface area (Å²) in [6.07, 6.45) is 5.66. The molecule has 0 amide bonds. The molecule has 0 fully saturated rings. The predicted octanol–water partition coefficient (Wildman–Crippen LogP) is 4.39. The zero-order chi connectivity index (χ0) is 9.61. The minimum atomic E-state index is 0.411. The quantitative estimate of drug-likeness (QED) is 0.454. The van der Waals surface area contributed by atoms with Gasteiger partial charge in [-0.25, -0.2) is 0 Å². The first-order valence-electron chi connectivity index (χ1n) is 4.73. The second-order valence-corrected chi connectivity index (χ2v) is 4.81. The molecule has 0 aromatic rings. The molecule has 0 unspecified atom stereocenters. The highest BCUT2D eigenvalue weighted by atomic mass is 35.5. The van der Waals surface area contributed by atoms with Crippen LogP contribution in [0.2, 0.25) is 0 Å². The highest BCUT2D eigenvalue weighted by molar-refractivity contribution is 6.17. The maximum Gasteiger partial charge on any atom is 0.0258 e. The van der Waals surface area contributed by atoms with Gasteiger partial charge in [-0.15, -0.1) is 11.6 Å². The average Bonchev–Trinajstić information content (AvgIpc) is 1.95. The van der Waals surface area contributed by atoms with E-state index < -0.39 is 0 Å². The van der Waals surface area contributed by atoms with E-state index in [0.29, 0.717) is 5.41 Å². The van der Waals surface area contributed by atoms with Crippen LogP contribution in [0.5, 0.6) is 0 Å². The van der Waals surface area contributed by atoms with Crippen LogP contribution in [0, 0.1) is 5.41 Å². The van der Waals surface area contributed by atoms with E-state index in [-0.39, 0.29) is 0 Å². The van der Waals surface area contributed by atoms with E-state index in [1.807, 2.05) is 0 Å². The number of hydrogen-bond acceptors (Lipinski definition) is 0. The Morgan fingerprint density at radius 1 is 1.33 bits per heavy atom. The maximum absolute atomic E-state index is 5.63. The largest absolute Gasteiger partial charge is 0.126 e. The van der Waals surface area contributed by atoms with Crippen LogP contribution in [0.3, 0.4) is 0 Å². The van der Waals surface area contributed by atoms with E-state index >= 15 is 0 Å². The number of halogens is 1. The molecular weight excluding hydrogens is 168 g/mol. The van der Waals surface area contributed by atoms with Crippen molar-refractivity contribution in [3.8, 4) is 0 Å². The molecule has 0 spiro atoms. The summed E-state index contributed by atoms with van der Waals surface area (Å²) in [6.45, 7) is 9.04. The highest BCUT2D eigenvalue weighted by Gasteiger charge is 2.11. The first kappa shape index (κ1) is 12.0. The zero-order valence-electron chi connectivity index (χ0n) is 8.78. The van der Waals surface area contributed by atoms with Crippen molar-refractivity contribution in [2.24, 2.45) is 5.41 Å². The Labute approximate surface area is 82.0 Å². The molecule has 0 aromatic carbocycles. The molecule has 0 atom stereocenters. The standard InChI is InChI=1S/C11H21Cl/c1-5-10(7-6-8-12)9-11(2,3)4/h7H,5-6,8-9H2,1-4H3/b10-7+. The first-order valence-corrected chi connectivity index (χ1v) is 5.27. The van der Waals surface area contributed by atoms with E-state index in [1.165, 1.54) is 6.42 Å². The van der Waals surface area contributed by atoms with Crippen molar-refractivity contribution in [3.05, 3.63) is 11.6 Å². The first-order chi connectivity index (χ1) is 5.49. The zero-order valence-corrected chi connectivity index (χ0v) is 9.54. The smallest absolute Gasteiger partial charge is 0.0258 e. The second kappa shape index (κ2) is 5.64. The molecule has 0 bridgehead atoms. The monoisotopic (exact) mass is 188 g/mol.